The zero-order chi connectivity index (χ0) is 15.6. The van der Waals surface area contributed by atoms with E-state index < -0.39 is 11.9 Å². The Morgan fingerprint density at radius 1 is 1.14 bits per heavy atom. The molecule has 1 aromatic carbocycles. The van der Waals surface area contributed by atoms with E-state index in [1.807, 2.05) is 0 Å². The van der Waals surface area contributed by atoms with Gasteiger partial charge < -0.3 is 5.32 Å². The summed E-state index contributed by atoms with van der Waals surface area (Å²) in [6.45, 7) is 3.37. The van der Waals surface area contributed by atoms with Gasteiger partial charge in [-0.3, -0.25) is 0 Å². The molecule has 1 unspecified atom stereocenters. The monoisotopic (exact) mass is 298 g/mol. The van der Waals surface area contributed by atoms with Crippen LogP contribution in [0.4, 0.5) is 23.4 Å². The average molecular weight is 298 g/mol. The molecule has 21 heavy (non-hydrogen) atoms. The second kappa shape index (κ2) is 5.71. The molecule has 0 amide bonds. The molecule has 2 rings (SSSR count). The fourth-order valence-corrected chi connectivity index (χ4v) is 1.86. The molecule has 0 saturated heterocycles. The van der Waals surface area contributed by atoms with Gasteiger partial charge >= 0.3 is 6.18 Å². The van der Waals surface area contributed by atoms with Gasteiger partial charge in [0.2, 0.25) is 0 Å². The lowest BCUT2D eigenvalue weighted by Crippen LogP contribution is -2.12. The largest absolute Gasteiger partial charge is 0.433 e. The van der Waals surface area contributed by atoms with Crippen LogP contribution in [0.5, 0.6) is 0 Å². The van der Waals surface area contributed by atoms with Crippen LogP contribution in [-0.2, 0) is 6.18 Å². The Bertz CT molecular complexity index is 638. The Labute approximate surface area is 119 Å². The third kappa shape index (κ3) is 3.71. The van der Waals surface area contributed by atoms with Crippen LogP contribution in [0.1, 0.15) is 29.8 Å². The Balaban J connectivity index is 2.19. The van der Waals surface area contributed by atoms with Gasteiger partial charge in [0.05, 0.1) is 6.04 Å². The third-order valence-corrected chi connectivity index (χ3v) is 3.10. The summed E-state index contributed by atoms with van der Waals surface area (Å²) in [6, 6.07) is 7.97. The van der Waals surface area contributed by atoms with Crippen molar-refractivity contribution < 1.29 is 17.6 Å². The summed E-state index contributed by atoms with van der Waals surface area (Å²) >= 11 is 0. The van der Waals surface area contributed by atoms with Gasteiger partial charge in [0.1, 0.15) is 17.3 Å². The zero-order valence-electron chi connectivity index (χ0n) is 11.5. The summed E-state index contributed by atoms with van der Waals surface area (Å²) in [4.78, 5) is 3.52. The minimum atomic E-state index is -4.49. The lowest BCUT2D eigenvalue weighted by molar-refractivity contribution is -0.141. The molecule has 0 aliphatic carbocycles. The summed E-state index contributed by atoms with van der Waals surface area (Å²) in [5, 5.41) is 2.84. The normalized spacial score (nSPS) is 13.0. The average Bonchev–Trinajstić information content (AvgIpc) is 2.41. The maximum Gasteiger partial charge on any atom is 0.433 e. The SMILES string of the molecule is Cc1ccc(C(C)Nc2cccc(C(F)(F)F)n2)cc1F. The number of anilines is 1. The summed E-state index contributed by atoms with van der Waals surface area (Å²) in [5.74, 6) is -0.253. The fourth-order valence-electron chi connectivity index (χ4n) is 1.86. The minimum absolute atomic E-state index is 0.0957. The molecule has 2 aromatic rings. The molecule has 0 aliphatic heterocycles. The molecule has 0 spiro atoms. The first-order chi connectivity index (χ1) is 9.77. The quantitative estimate of drug-likeness (QED) is 0.829. The number of nitrogens with one attached hydrogen (secondary N) is 1. The van der Waals surface area contributed by atoms with E-state index in [2.05, 4.69) is 10.3 Å². The van der Waals surface area contributed by atoms with E-state index in [0.717, 1.165) is 6.07 Å². The van der Waals surface area contributed by atoms with Crippen molar-refractivity contribution in [2.45, 2.75) is 26.1 Å². The number of aromatic nitrogens is 1. The van der Waals surface area contributed by atoms with E-state index in [1.54, 1.807) is 26.0 Å². The number of rotatable bonds is 3. The molecule has 1 atom stereocenters. The van der Waals surface area contributed by atoms with E-state index >= 15 is 0 Å². The molecular formula is C15H14F4N2. The number of hydrogen-bond donors (Lipinski definition) is 1. The van der Waals surface area contributed by atoms with Gasteiger partial charge in [0, 0.05) is 0 Å². The van der Waals surface area contributed by atoms with Crippen molar-refractivity contribution in [3.8, 4) is 0 Å². The lowest BCUT2D eigenvalue weighted by atomic mass is 10.1. The summed E-state index contributed by atoms with van der Waals surface area (Å²) in [5.41, 5.74) is 0.190. The van der Waals surface area contributed by atoms with Gasteiger partial charge in [-0.15, -0.1) is 0 Å². The fraction of sp³-hybridized carbons (Fsp3) is 0.267. The molecule has 2 nitrogen and oxygen atoms in total. The van der Waals surface area contributed by atoms with Gasteiger partial charge in [0.25, 0.3) is 0 Å². The third-order valence-electron chi connectivity index (χ3n) is 3.10. The Morgan fingerprint density at radius 2 is 1.86 bits per heavy atom. The second-order valence-corrected chi connectivity index (χ2v) is 4.78. The van der Waals surface area contributed by atoms with E-state index in [9.17, 15) is 17.6 Å². The van der Waals surface area contributed by atoms with Crippen LogP contribution in [-0.4, -0.2) is 4.98 Å². The molecule has 0 bridgehead atoms. The molecule has 1 heterocycles. The Morgan fingerprint density at radius 3 is 2.48 bits per heavy atom. The van der Waals surface area contributed by atoms with Crippen molar-refractivity contribution in [2.24, 2.45) is 0 Å². The number of alkyl halides is 3. The van der Waals surface area contributed by atoms with E-state index in [0.29, 0.717) is 11.1 Å². The highest BCUT2D eigenvalue weighted by Gasteiger charge is 2.32. The molecule has 112 valence electrons. The van der Waals surface area contributed by atoms with Crippen LogP contribution in [0, 0.1) is 12.7 Å². The second-order valence-electron chi connectivity index (χ2n) is 4.78. The first-order valence-electron chi connectivity index (χ1n) is 6.34. The van der Waals surface area contributed by atoms with Crippen molar-refractivity contribution in [3.63, 3.8) is 0 Å². The highest BCUT2D eigenvalue weighted by atomic mass is 19.4. The summed E-state index contributed by atoms with van der Waals surface area (Å²) in [6.07, 6.45) is -4.49. The number of nitrogens with zero attached hydrogens (tertiary/aromatic N) is 1. The van der Waals surface area contributed by atoms with Crippen molar-refractivity contribution >= 4 is 5.82 Å². The maximum atomic E-state index is 13.5. The van der Waals surface area contributed by atoms with Crippen LogP contribution in [0.25, 0.3) is 0 Å². The highest BCUT2D eigenvalue weighted by molar-refractivity contribution is 5.40. The summed E-state index contributed by atoms with van der Waals surface area (Å²) < 4.78 is 51.3. The van der Waals surface area contributed by atoms with Crippen LogP contribution >= 0.6 is 0 Å². The van der Waals surface area contributed by atoms with Crippen LogP contribution in [0.2, 0.25) is 0 Å². The number of pyridine rings is 1. The molecule has 0 fully saturated rings. The van der Waals surface area contributed by atoms with Gasteiger partial charge in [-0.2, -0.15) is 13.2 Å². The molecule has 0 aliphatic rings. The Kier molecular flexibility index (Phi) is 4.16. The Hall–Kier alpha value is -2.11. The van der Waals surface area contributed by atoms with Crippen LogP contribution in [0.3, 0.4) is 0 Å². The highest BCUT2D eigenvalue weighted by Crippen LogP contribution is 2.29. The molecule has 0 saturated carbocycles. The zero-order valence-corrected chi connectivity index (χ0v) is 11.5. The number of hydrogen-bond acceptors (Lipinski definition) is 2. The molecular weight excluding hydrogens is 284 g/mol. The predicted molar refractivity (Wildman–Crippen MR) is 72.4 cm³/mol. The first-order valence-corrected chi connectivity index (χ1v) is 6.34. The van der Waals surface area contributed by atoms with Crippen LogP contribution in [0.15, 0.2) is 36.4 Å². The number of aryl methyl sites for hydroxylation is 1. The van der Waals surface area contributed by atoms with Crippen LogP contribution < -0.4 is 5.32 Å². The van der Waals surface area contributed by atoms with E-state index in [-0.39, 0.29) is 17.7 Å². The molecule has 1 aromatic heterocycles. The smallest absolute Gasteiger partial charge is 0.364 e. The topological polar surface area (TPSA) is 24.9 Å². The number of benzene rings is 1. The standard InChI is InChI=1S/C15H14F4N2/c1-9-6-7-11(8-12(9)16)10(2)20-14-5-3-4-13(21-14)15(17,18)19/h3-8,10H,1-2H3,(H,20,21). The van der Waals surface area contributed by atoms with Gasteiger partial charge in [0.15, 0.2) is 0 Å². The predicted octanol–water partition coefficient (Wildman–Crippen LogP) is 4.72. The first kappa shape index (κ1) is 15.3. The molecule has 6 heteroatoms. The van der Waals surface area contributed by atoms with Crippen molar-refractivity contribution in [3.05, 3.63) is 59.0 Å². The molecule has 0 radical (unpaired) electrons. The summed E-state index contributed by atoms with van der Waals surface area (Å²) in [7, 11) is 0. The van der Waals surface area contributed by atoms with Crippen molar-refractivity contribution in [2.75, 3.05) is 5.32 Å². The number of halogens is 4. The van der Waals surface area contributed by atoms with E-state index in [1.165, 1.54) is 18.2 Å². The van der Waals surface area contributed by atoms with E-state index in [4.69, 9.17) is 0 Å². The van der Waals surface area contributed by atoms with Gasteiger partial charge in [-0.05, 0) is 43.2 Å². The molecule has 1 N–H and O–H groups in total. The lowest BCUT2D eigenvalue weighted by Gasteiger charge is -2.16. The minimum Gasteiger partial charge on any atom is -0.364 e. The van der Waals surface area contributed by atoms with Crippen molar-refractivity contribution in [1.82, 2.24) is 4.98 Å². The maximum absolute atomic E-state index is 13.5. The van der Waals surface area contributed by atoms with Crippen molar-refractivity contribution in [1.29, 1.82) is 0 Å². The van der Waals surface area contributed by atoms with Gasteiger partial charge in [-0.25, -0.2) is 9.37 Å². The van der Waals surface area contributed by atoms with Gasteiger partial charge in [-0.1, -0.05) is 18.2 Å².